The normalized spacial score (nSPS) is 11.4. The van der Waals surface area contributed by atoms with Gasteiger partial charge in [0.25, 0.3) is 0 Å². The highest BCUT2D eigenvalue weighted by Gasteiger charge is 2.09. The van der Waals surface area contributed by atoms with Gasteiger partial charge in [0.2, 0.25) is 0 Å². The molecule has 1 aromatic carbocycles. The predicted molar refractivity (Wildman–Crippen MR) is 68.3 cm³/mol. The first kappa shape index (κ1) is 13.5. The van der Waals surface area contributed by atoms with E-state index in [1.165, 1.54) is 0 Å². The van der Waals surface area contributed by atoms with Gasteiger partial charge in [0, 0.05) is 17.3 Å². The molecule has 0 aliphatic rings. The van der Waals surface area contributed by atoms with Gasteiger partial charge in [0.1, 0.15) is 11.5 Å². The molecule has 0 aromatic heterocycles. The van der Waals surface area contributed by atoms with Gasteiger partial charge < -0.3 is 14.6 Å². The number of hydrogen-bond acceptors (Lipinski definition) is 4. The second-order valence-electron chi connectivity index (χ2n) is 3.47. The van der Waals surface area contributed by atoms with Crippen molar-refractivity contribution in [1.82, 2.24) is 0 Å². The van der Waals surface area contributed by atoms with E-state index in [4.69, 9.17) is 14.6 Å². The molecule has 0 bridgehead atoms. The molecule has 1 rings (SSSR count). The van der Waals surface area contributed by atoms with Crippen LogP contribution in [0, 0.1) is 0 Å². The van der Waals surface area contributed by atoms with E-state index < -0.39 is 0 Å². The van der Waals surface area contributed by atoms with Crippen molar-refractivity contribution in [1.29, 1.82) is 0 Å². The third-order valence-electron chi connectivity index (χ3n) is 2.46. The third-order valence-corrected chi connectivity index (χ3v) is 2.46. The Kier molecular flexibility index (Phi) is 5.49. The minimum atomic E-state index is 0.0575. The number of rotatable bonds is 6. The van der Waals surface area contributed by atoms with Gasteiger partial charge in [-0.1, -0.05) is 6.92 Å². The topological polar surface area (TPSA) is 51.1 Å². The Balaban J connectivity index is 3.10. The molecule has 0 saturated carbocycles. The molecular formula is C13H19NO3. The highest BCUT2D eigenvalue weighted by Crippen LogP contribution is 2.25. The lowest BCUT2D eigenvalue weighted by atomic mass is 10.1. The van der Waals surface area contributed by atoms with Crippen molar-refractivity contribution in [2.75, 3.05) is 27.4 Å². The second kappa shape index (κ2) is 6.91. The number of aliphatic imine (C=N–C) groups is 1. The van der Waals surface area contributed by atoms with Crippen molar-refractivity contribution in [3.8, 4) is 11.5 Å². The SMILES string of the molecule is CCC(=NCCO)c1ccc(OC)cc1OC. The van der Waals surface area contributed by atoms with E-state index >= 15 is 0 Å². The lowest BCUT2D eigenvalue weighted by Crippen LogP contribution is -2.05. The molecular weight excluding hydrogens is 218 g/mol. The standard InChI is InChI=1S/C13H19NO3/c1-4-12(14-7-8-15)11-6-5-10(16-2)9-13(11)17-3/h5-6,9,15H,4,7-8H2,1-3H3. The number of benzene rings is 1. The number of hydrogen-bond donors (Lipinski definition) is 1. The molecule has 0 atom stereocenters. The molecule has 0 radical (unpaired) electrons. The van der Waals surface area contributed by atoms with Crippen molar-refractivity contribution in [2.24, 2.45) is 4.99 Å². The minimum Gasteiger partial charge on any atom is -0.497 e. The van der Waals surface area contributed by atoms with Crippen molar-refractivity contribution in [3.63, 3.8) is 0 Å². The third kappa shape index (κ3) is 3.46. The van der Waals surface area contributed by atoms with Crippen molar-refractivity contribution in [3.05, 3.63) is 23.8 Å². The van der Waals surface area contributed by atoms with Gasteiger partial charge in [-0.15, -0.1) is 0 Å². The monoisotopic (exact) mass is 237 g/mol. The summed E-state index contributed by atoms with van der Waals surface area (Å²) in [6.07, 6.45) is 0.794. The molecule has 4 heteroatoms. The molecule has 0 aliphatic carbocycles. The van der Waals surface area contributed by atoms with Crippen LogP contribution in [-0.4, -0.2) is 38.2 Å². The summed E-state index contributed by atoms with van der Waals surface area (Å²) in [5.41, 5.74) is 1.88. The molecule has 17 heavy (non-hydrogen) atoms. The first-order valence-corrected chi connectivity index (χ1v) is 5.63. The van der Waals surface area contributed by atoms with Crippen LogP contribution in [0.5, 0.6) is 11.5 Å². The van der Waals surface area contributed by atoms with E-state index in [2.05, 4.69) is 4.99 Å². The highest BCUT2D eigenvalue weighted by atomic mass is 16.5. The van der Waals surface area contributed by atoms with E-state index in [1.54, 1.807) is 14.2 Å². The predicted octanol–water partition coefficient (Wildman–Crippen LogP) is 1.90. The van der Waals surface area contributed by atoms with Crippen LogP contribution in [-0.2, 0) is 0 Å². The number of ether oxygens (including phenoxy) is 2. The zero-order valence-corrected chi connectivity index (χ0v) is 10.6. The average molecular weight is 237 g/mol. The first-order valence-electron chi connectivity index (χ1n) is 5.63. The number of methoxy groups -OCH3 is 2. The summed E-state index contributed by atoms with van der Waals surface area (Å²) < 4.78 is 10.5. The summed E-state index contributed by atoms with van der Waals surface area (Å²) in [7, 11) is 3.24. The van der Waals surface area contributed by atoms with Crippen LogP contribution in [0.1, 0.15) is 18.9 Å². The molecule has 94 valence electrons. The molecule has 0 heterocycles. The lowest BCUT2D eigenvalue weighted by Gasteiger charge is -2.11. The molecule has 0 spiro atoms. The smallest absolute Gasteiger partial charge is 0.131 e. The Morgan fingerprint density at radius 1 is 1.29 bits per heavy atom. The average Bonchev–Trinajstić information content (AvgIpc) is 2.39. The fraction of sp³-hybridized carbons (Fsp3) is 0.462. The summed E-state index contributed by atoms with van der Waals surface area (Å²) in [4.78, 5) is 4.34. The van der Waals surface area contributed by atoms with Crippen LogP contribution in [0.15, 0.2) is 23.2 Å². The van der Waals surface area contributed by atoms with Crippen LogP contribution in [0.4, 0.5) is 0 Å². The molecule has 0 amide bonds. The van der Waals surface area contributed by atoms with Gasteiger partial charge in [-0.3, -0.25) is 4.99 Å². The Labute approximate surface area is 102 Å². The van der Waals surface area contributed by atoms with E-state index in [9.17, 15) is 0 Å². The summed E-state index contributed by atoms with van der Waals surface area (Å²) in [6.45, 7) is 2.50. The first-order chi connectivity index (χ1) is 8.26. The van der Waals surface area contributed by atoms with Gasteiger partial charge in [0.05, 0.1) is 27.4 Å². The number of aliphatic hydroxyl groups is 1. The Bertz CT molecular complexity index is 388. The molecule has 0 unspecified atom stereocenters. The van der Waals surface area contributed by atoms with Crippen LogP contribution in [0.25, 0.3) is 0 Å². The van der Waals surface area contributed by atoms with Gasteiger partial charge >= 0.3 is 0 Å². The van der Waals surface area contributed by atoms with E-state index in [0.29, 0.717) is 6.54 Å². The lowest BCUT2D eigenvalue weighted by molar-refractivity contribution is 0.307. The summed E-state index contributed by atoms with van der Waals surface area (Å²) in [6, 6.07) is 5.64. The van der Waals surface area contributed by atoms with Gasteiger partial charge in [0.15, 0.2) is 0 Å². The van der Waals surface area contributed by atoms with Crippen LogP contribution >= 0.6 is 0 Å². The Hall–Kier alpha value is -1.55. The summed E-state index contributed by atoms with van der Waals surface area (Å²) in [5, 5.41) is 8.81. The zero-order valence-electron chi connectivity index (χ0n) is 10.6. The maximum absolute atomic E-state index is 8.81. The zero-order chi connectivity index (χ0) is 12.7. The Morgan fingerprint density at radius 3 is 2.59 bits per heavy atom. The molecule has 4 nitrogen and oxygen atoms in total. The largest absolute Gasteiger partial charge is 0.497 e. The molecule has 0 aliphatic heterocycles. The molecule has 1 N–H and O–H groups in total. The van der Waals surface area contributed by atoms with Gasteiger partial charge in [-0.2, -0.15) is 0 Å². The van der Waals surface area contributed by atoms with Crippen molar-refractivity contribution in [2.45, 2.75) is 13.3 Å². The second-order valence-corrected chi connectivity index (χ2v) is 3.47. The van der Waals surface area contributed by atoms with Crippen LogP contribution in [0.3, 0.4) is 0 Å². The highest BCUT2D eigenvalue weighted by molar-refractivity contribution is 6.02. The fourth-order valence-corrected chi connectivity index (χ4v) is 1.61. The fourth-order valence-electron chi connectivity index (χ4n) is 1.61. The van der Waals surface area contributed by atoms with Gasteiger partial charge in [-0.25, -0.2) is 0 Å². The van der Waals surface area contributed by atoms with Crippen molar-refractivity contribution < 1.29 is 14.6 Å². The summed E-state index contributed by atoms with van der Waals surface area (Å²) >= 11 is 0. The minimum absolute atomic E-state index is 0.0575. The van der Waals surface area contributed by atoms with E-state index in [-0.39, 0.29) is 6.61 Å². The molecule has 0 fully saturated rings. The Morgan fingerprint density at radius 2 is 2.06 bits per heavy atom. The number of nitrogens with zero attached hydrogens (tertiary/aromatic N) is 1. The number of aliphatic hydroxyl groups excluding tert-OH is 1. The van der Waals surface area contributed by atoms with Crippen LogP contribution < -0.4 is 9.47 Å². The van der Waals surface area contributed by atoms with Gasteiger partial charge in [-0.05, 0) is 18.6 Å². The van der Waals surface area contributed by atoms with E-state index in [0.717, 1.165) is 29.2 Å². The van der Waals surface area contributed by atoms with Crippen LogP contribution in [0.2, 0.25) is 0 Å². The maximum atomic E-state index is 8.81. The van der Waals surface area contributed by atoms with Crippen molar-refractivity contribution >= 4 is 5.71 Å². The molecule has 0 saturated heterocycles. The molecule has 1 aromatic rings. The summed E-state index contributed by atoms with van der Waals surface area (Å²) in [5.74, 6) is 1.49. The maximum Gasteiger partial charge on any atom is 0.131 e. The quantitative estimate of drug-likeness (QED) is 0.769. The van der Waals surface area contributed by atoms with E-state index in [1.807, 2.05) is 25.1 Å².